The summed E-state index contributed by atoms with van der Waals surface area (Å²) in [6.45, 7) is 6.16. The van der Waals surface area contributed by atoms with Crippen molar-refractivity contribution in [3.05, 3.63) is 64.2 Å². The summed E-state index contributed by atoms with van der Waals surface area (Å²) in [6, 6.07) is 13.1. The second kappa shape index (κ2) is 7.32. The van der Waals surface area contributed by atoms with Crippen LogP contribution in [0.3, 0.4) is 0 Å². The van der Waals surface area contributed by atoms with Crippen LogP contribution in [0.15, 0.2) is 42.0 Å². The van der Waals surface area contributed by atoms with Gasteiger partial charge in [-0.2, -0.15) is 5.26 Å². The highest BCUT2D eigenvalue weighted by Crippen LogP contribution is 2.33. The molecule has 1 aliphatic rings. The second-order valence-electron chi connectivity index (χ2n) is 6.32. The lowest BCUT2D eigenvalue weighted by Crippen LogP contribution is -2.27. The average molecular weight is 348 g/mol. The van der Waals surface area contributed by atoms with Gasteiger partial charge in [-0.05, 0) is 61.2 Å². The summed E-state index contributed by atoms with van der Waals surface area (Å²) in [5.41, 5.74) is 4.12. The summed E-state index contributed by atoms with van der Waals surface area (Å²) < 4.78 is 10.6. The fourth-order valence-electron chi connectivity index (χ4n) is 2.71. The first kappa shape index (κ1) is 17.6. The molecule has 0 unspecified atom stereocenters. The number of hydrogen-bond donors (Lipinski definition) is 1. The molecule has 1 N–H and O–H groups in total. The normalized spacial score (nSPS) is 13.8. The van der Waals surface area contributed by atoms with Gasteiger partial charge < -0.3 is 14.8 Å². The van der Waals surface area contributed by atoms with E-state index in [1.807, 2.05) is 45.0 Å². The van der Waals surface area contributed by atoms with Crippen LogP contribution in [0.25, 0.3) is 6.08 Å². The quantitative estimate of drug-likeness (QED) is 0.673. The van der Waals surface area contributed by atoms with Gasteiger partial charge in [0.05, 0.1) is 6.04 Å². The molecule has 26 heavy (non-hydrogen) atoms. The minimum atomic E-state index is -0.407. The molecule has 0 saturated carbocycles. The SMILES string of the molecule is Cc1ccc([C@@H](C)NC(=O)/C(C#N)=C\c2ccc3c(c2)OCO3)cc1C. The fourth-order valence-corrected chi connectivity index (χ4v) is 2.71. The smallest absolute Gasteiger partial charge is 0.262 e. The predicted octanol–water partition coefficient (Wildman–Crippen LogP) is 3.82. The van der Waals surface area contributed by atoms with E-state index in [9.17, 15) is 10.1 Å². The fraction of sp³-hybridized carbons (Fsp3) is 0.238. The average Bonchev–Trinajstić information content (AvgIpc) is 3.09. The van der Waals surface area contributed by atoms with Gasteiger partial charge in [0.25, 0.3) is 5.91 Å². The standard InChI is InChI=1S/C21H20N2O3/c1-13-4-6-17(8-14(13)2)15(3)23-21(24)18(11-22)9-16-5-7-19-20(10-16)26-12-25-19/h4-10,15H,12H2,1-3H3,(H,23,24)/b18-9-/t15-/m1/s1. The molecule has 0 spiro atoms. The summed E-state index contributed by atoms with van der Waals surface area (Å²) >= 11 is 0. The molecule has 5 nitrogen and oxygen atoms in total. The Morgan fingerprint density at radius 2 is 1.92 bits per heavy atom. The van der Waals surface area contributed by atoms with Gasteiger partial charge in [-0.3, -0.25) is 4.79 Å². The van der Waals surface area contributed by atoms with E-state index in [-0.39, 0.29) is 18.4 Å². The van der Waals surface area contributed by atoms with E-state index in [1.54, 1.807) is 24.3 Å². The topological polar surface area (TPSA) is 71.4 Å². The first-order valence-corrected chi connectivity index (χ1v) is 8.37. The van der Waals surface area contributed by atoms with Crippen LogP contribution in [0.2, 0.25) is 0 Å². The molecule has 0 bridgehead atoms. The van der Waals surface area contributed by atoms with E-state index >= 15 is 0 Å². The number of aryl methyl sites for hydroxylation is 2. The third-order valence-electron chi connectivity index (χ3n) is 4.45. The van der Waals surface area contributed by atoms with Gasteiger partial charge in [-0.15, -0.1) is 0 Å². The highest BCUT2D eigenvalue weighted by atomic mass is 16.7. The number of carbonyl (C=O) groups excluding carboxylic acids is 1. The van der Waals surface area contributed by atoms with E-state index in [4.69, 9.17) is 9.47 Å². The Hall–Kier alpha value is -3.26. The van der Waals surface area contributed by atoms with Gasteiger partial charge >= 0.3 is 0 Å². The zero-order valence-corrected chi connectivity index (χ0v) is 15.0. The first-order valence-electron chi connectivity index (χ1n) is 8.37. The minimum absolute atomic E-state index is 0.0412. The van der Waals surface area contributed by atoms with Gasteiger partial charge in [0.1, 0.15) is 11.6 Å². The molecule has 0 saturated heterocycles. The van der Waals surface area contributed by atoms with Crippen LogP contribution in [0.4, 0.5) is 0 Å². The molecule has 1 atom stereocenters. The zero-order valence-electron chi connectivity index (χ0n) is 15.0. The summed E-state index contributed by atoms with van der Waals surface area (Å²) in [6.07, 6.45) is 1.55. The Labute approximate surface area is 152 Å². The first-order chi connectivity index (χ1) is 12.5. The Kier molecular flexibility index (Phi) is 4.94. The molecule has 0 fully saturated rings. The van der Waals surface area contributed by atoms with Crippen LogP contribution < -0.4 is 14.8 Å². The molecule has 132 valence electrons. The second-order valence-corrected chi connectivity index (χ2v) is 6.32. The number of nitriles is 1. The minimum Gasteiger partial charge on any atom is -0.454 e. The number of amides is 1. The number of ether oxygens (including phenoxy) is 2. The van der Waals surface area contributed by atoms with Crippen molar-refractivity contribution < 1.29 is 14.3 Å². The van der Waals surface area contributed by atoms with Crippen molar-refractivity contribution in [1.29, 1.82) is 5.26 Å². The van der Waals surface area contributed by atoms with Crippen molar-refractivity contribution in [2.24, 2.45) is 0 Å². The molecule has 0 radical (unpaired) electrons. The lowest BCUT2D eigenvalue weighted by Gasteiger charge is -2.15. The molecule has 1 amide bonds. The van der Waals surface area contributed by atoms with Gasteiger partial charge in [0, 0.05) is 0 Å². The van der Waals surface area contributed by atoms with E-state index in [2.05, 4.69) is 5.32 Å². The lowest BCUT2D eigenvalue weighted by molar-refractivity contribution is -0.117. The van der Waals surface area contributed by atoms with Crippen LogP contribution in [-0.4, -0.2) is 12.7 Å². The van der Waals surface area contributed by atoms with Crippen LogP contribution in [0, 0.1) is 25.2 Å². The van der Waals surface area contributed by atoms with Crippen molar-refractivity contribution in [2.45, 2.75) is 26.8 Å². The molecular weight excluding hydrogens is 328 g/mol. The third-order valence-corrected chi connectivity index (χ3v) is 4.45. The third kappa shape index (κ3) is 3.70. The Bertz CT molecular complexity index is 925. The summed E-state index contributed by atoms with van der Waals surface area (Å²) in [5, 5.41) is 12.3. The maximum Gasteiger partial charge on any atom is 0.262 e. The molecule has 1 heterocycles. The predicted molar refractivity (Wildman–Crippen MR) is 98.6 cm³/mol. The number of carbonyl (C=O) groups is 1. The maximum atomic E-state index is 12.5. The van der Waals surface area contributed by atoms with E-state index in [0.29, 0.717) is 17.1 Å². The monoisotopic (exact) mass is 348 g/mol. The van der Waals surface area contributed by atoms with Crippen LogP contribution in [-0.2, 0) is 4.79 Å². The molecule has 5 heteroatoms. The van der Waals surface area contributed by atoms with Crippen molar-refractivity contribution in [3.8, 4) is 17.6 Å². The number of nitrogens with one attached hydrogen (secondary N) is 1. The van der Waals surface area contributed by atoms with Crippen LogP contribution in [0.5, 0.6) is 11.5 Å². The lowest BCUT2D eigenvalue weighted by atomic mass is 10.0. The van der Waals surface area contributed by atoms with Gasteiger partial charge in [0.2, 0.25) is 6.79 Å². The molecule has 0 aromatic heterocycles. The molecule has 2 aromatic carbocycles. The van der Waals surface area contributed by atoms with Crippen molar-refractivity contribution in [1.82, 2.24) is 5.32 Å². The number of hydrogen-bond acceptors (Lipinski definition) is 4. The van der Waals surface area contributed by atoms with Gasteiger partial charge in [-0.25, -0.2) is 0 Å². The molecule has 1 aliphatic heterocycles. The zero-order chi connectivity index (χ0) is 18.7. The van der Waals surface area contributed by atoms with E-state index < -0.39 is 5.91 Å². The highest BCUT2D eigenvalue weighted by molar-refractivity contribution is 6.01. The van der Waals surface area contributed by atoms with Crippen molar-refractivity contribution >= 4 is 12.0 Å². The van der Waals surface area contributed by atoms with E-state index in [1.165, 1.54) is 11.1 Å². The summed E-state index contributed by atoms with van der Waals surface area (Å²) in [5.74, 6) is 0.865. The molecule has 3 rings (SSSR count). The number of fused-ring (bicyclic) bond motifs is 1. The largest absolute Gasteiger partial charge is 0.454 e. The van der Waals surface area contributed by atoms with Crippen LogP contribution >= 0.6 is 0 Å². The highest BCUT2D eigenvalue weighted by Gasteiger charge is 2.16. The Morgan fingerprint density at radius 3 is 2.65 bits per heavy atom. The van der Waals surface area contributed by atoms with Crippen molar-refractivity contribution in [3.63, 3.8) is 0 Å². The number of nitrogens with zero attached hydrogens (tertiary/aromatic N) is 1. The van der Waals surface area contributed by atoms with E-state index in [0.717, 1.165) is 5.56 Å². The number of rotatable bonds is 4. The van der Waals surface area contributed by atoms with Gasteiger partial charge in [0.15, 0.2) is 11.5 Å². The summed E-state index contributed by atoms with van der Waals surface area (Å²) in [4.78, 5) is 12.5. The van der Waals surface area contributed by atoms with Crippen LogP contribution in [0.1, 0.15) is 35.2 Å². The molecular formula is C21H20N2O3. The molecule has 2 aromatic rings. The van der Waals surface area contributed by atoms with Crippen molar-refractivity contribution in [2.75, 3.05) is 6.79 Å². The maximum absolute atomic E-state index is 12.5. The summed E-state index contributed by atoms with van der Waals surface area (Å²) in [7, 11) is 0. The Morgan fingerprint density at radius 1 is 1.15 bits per heavy atom. The number of benzene rings is 2. The molecule has 0 aliphatic carbocycles. The van der Waals surface area contributed by atoms with Gasteiger partial charge in [-0.1, -0.05) is 24.3 Å². The Balaban J connectivity index is 1.76.